The summed E-state index contributed by atoms with van der Waals surface area (Å²) in [6, 6.07) is 10.5. The van der Waals surface area contributed by atoms with Gasteiger partial charge in [0.25, 0.3) is 0 Å². The Labute approximate surface area is 183 Å². The highest BCUT2D eigenvalue weighted by atomic mass is 19.1. The quantitative estimate of drug-likeness (QED) is 0.416. The Bertz CT molecular complexity index is 1130. The average Bonchev–Trinajstić information content (AvgIpc) is 3.45. The van der Waals surface area contributed by atoms with Crippen LogP contribution in [0.5, 0.6) is 0 Å². The Morgan fingerprint density at radius 3 is 2.41 bits per heavy atom. The summed E-state index contributed by atoms with van der Waals surface area (Å²) in [5.74, 6) is -3.81. The van der Waals surface area contributed by atoms with Crippen LogP contribution >= 0.6 is 0 Å². The van der Waals surface area contributed by atoms with Crippen LogP contribution in [0.2, 0.25) is 0 Å². The summed E-state index contributed by atoms with van der Waals surface area (Å²) >= 11 is 0. The van der Waals surface area contributed by atoms with E-state index in [0.717, 1.165) is 11.3 Å². The third-order valence-electron chi connectivity index (χ3n) is 6.80. The van der Waals surface area contributed by atoms with Gasteiger partial charge in [-0.15, -0.1) is 0 Å². The molecule has 7 nitrogen and oxygen atoms in total. The molecule has 2 aromatic rings. The number of rotatable bonds is 4. The van der Waals surface area contributed by atoms with E-state index in [9.17, 15) is 23.6 Å². The number of benzene rings is 2. The predicted octanol–water partition coefficient (Wildman–Crippen LogP) is 2.45. The number of esters is 1. The lowest BCUT2D eigenvalue weighted by Crippen LogP contribution is -2.46. The number of ketones is 1. The van der Waals surface area contributed by atoms with Gasteiger partial charge in [0, 0.05) is 11.6 Å². The van der Waals surface area contributed by atoms with Crippen molar-refractivity contribution in [3.63, 3.8) is 0 Å². The molecule has 32 heavy (non-hydrogen) atoms. The molecule has 0 unspecified atom stereocenters. The minimum Gasteiger partial charge on any atom is -0.465 e. The van der Waals surface area contributed by atoms with Crippen LogP contribution in [0.1, 0.15) is 33.6 Å². The van der Waals surface area contributed by atoms with Crippen LogP contribution in [0.3, 0.4) is 0 Å². The second kappa shape index (κ2) is 7.63. The highest BCUT2D eigenvalue weighted by molar-refractivity contribution is 6.26. The predicted molar refractivity (Wildman–Crippen MR) is 112 cm³/mol. The highest BCUT2D eigenvalue weighted by Crippen LogP contribution is 2.48. The lowest BCUT2D eigenvalue weighted by molar-refractivity contribution is -0.123. The number of imide groups is 1. The average molecular weight is 436 g/mol. The molecule has 0 bridgehead atoms. The van der Waals surface area contributed by atoms with Crippen LogP contribution < -0.4 is 4.90 Å². The summed E-state index contributed by atoms with van der Waals surface area (Å²) in [5.41, 5.74) is 0.582. The smallest absolute Gasteiger partial charge is 0.339 e. The number of carbonyl (C=O) groups excluding carboxylic acids is 4. The summed E-state index contributed by atoms with van der Waals surface area (Å²) in [6.45, 7) is 0.620. The summed E-state index contributed by atoms with van der Waals surface area (Å²) < 4.78 is 18.2. The fourth-order valence-corrected chi connectivity index (χ4v) is 5.49. The minimum atomic E-state index is -0.851. The number of hydrogen-bond donors (Lipinski definition) is 0. The molecule has 0 saturated carbocycles. The van der Waals surface area contributed by atoms with Crippen molar-refractivity contribution < 1.29 is 28.3 Å². The van der Waals surface area contributed by atoms with Gasteiger partial charge in [-0.25, -0.2) is 14.1 Å². The van der Waals surface area contributed by atoms with E-state index >= 15 is 0 Å². The third kappa shape index (κ3) is 2.90. The van der Waals surface area contributed by atoms with E-state index in [1.165, 1.54) is 43.5 Å². The number of carbonyl (C=O) groups is 4. The van der Waals surface area contributed by atoms with Crippen molar-refractivity contribution in [2.45, 2.75) is 24.9 Å². The molecule has 3 aliphatic rings. The normalized spacial score (nSPS) is 26.9. The number of methoxy groups -OCH3 is 1. The fourth-order valence-electron chi connectivity index (χ4n) is 5.49. The molecular formula is C24H21FN2O5. The number of halogens is 1. The van der Waals surface area contributed by atoms with Gasteiger partial charge < -0.3 is 4.74 Å². The second-order valence-corrected chi connectivity index (χ2v) is 8.34. The van der Waals surface area contributed by atoms with Gasteiger partial charge in [-0.05, 0) is 55.8 Å². The molecule has 3 fully saturated rings. The number of anilines is 1. The largest absolute Gasteiger partial charge is 0.465 e. The molecule has 8 heteroatoms. The zero-order chi connectivity index (χ0) is 22.6. The Morgan fingerprint density at radius 2 is 1.69 bits per heavy atom. The van der Waals surface area contributed by atoms with Crippen LogP contribution in [0.4, 0.5) is 10.1 Å². The molecule has 3 saturated heterocycles. The molecule has 2 aromatic carbocycles. The molecular weight excluding hydrogens is 415 g/mol. The molecule has 0 N–H and O–H groups in total. The van der Waals surface area contributed by atoms with E-state index in [4.69, 9.17) is 4.74 Å². The van der Waals surface area contributed by atoms with E-state index in [2.05, 4.69) is 0 Å². The van der Waals surface area contributed by atoms with Crippen molar-refractivity contribution in [2.24, 2.45) is 11.8 Å². The van der Waals surface area contributed by atoms with Crippen molar-refractivity contribution in [1.82, 2.24) is 4.90 Å². The molecule has 3 heterocycles. The number of amides is 2. The zero-order valence-corrected chi connectivity index (χ0v) is 17.4. The minimum absolute atomic E-state index is 0.112. The van der Waals surface area contributed by atoms with Crippen LogP contribution in [0.15, 0.2) is 48.5 Å². The van der Waals surface area contributed by atoms with Gasteiger partial charge in [-0.1, -0.05) is 12.1 Å². The summed E-state index contributed by atoms with van der Waals surface area (Å²) in [4.78, 5) is 55.8. The van der Waals surface area contributed by atoms with E-state index < -0.39 is 41.5 Å². The molecule has 3 aliphatic heterocycles. The number of nitrogens with zero attached hydrogens (tertiary/aromatic N) is 2. The number of para-hydroxylation sites is 1. The van der Waals surface area contributed by atoms with Gasteiger partial charge in [0.1, 0.15) is 5.82 Å². The van der Waals surface area contributed by atoms with Gasteiger partial charge in [0.05, 0.1) is 36.2 Å². The monoisotopic (exact) mass is 436 g/mol. The van der Waals surface area contributed by atoms with Gasteiger partial charge in [0.2, 0.25) is 11.8 Å². The molecule has 0 radical (unpaired) electrons. The standard InChI is InChI=1S/C24H21FN2O5/c1-32-24(31)15-5-2-3-6-16(15)27-22(29)18-17-7-4-12-26(17)20(19(18)23(27)30)21(28)13-8-10-14(25)11-9-13/h2-3,5-6,8-11,17-20H,4,7,12H2,1H3/t17-,18+,19+,20-/m0/s1. The number of fused-ring (bicyclic) bond motifs is 3. The van der Waals surface area contributed by atoms with E-state index in [-0.39, 0.29) is 23.1 Å². The summed E-state index contributed by atoms with van der Waals surface area (Å²) in [6.07, 6.45) is 1.53. The molecule has 0 aromatic heterocycles. The van der Waals surface area contributed by atoms with Gasteiger partial charge >= 0.3 is 5.97 Å². The molecule has 0 aliphatic carbocycles. The lowest BCUT2D eigenvalue weighted by atomic mass is 9.85. The maximum atomic E-state index is 13.6. The zero-order valence-electron chi connectivity index (χ0n) is 17.4. The van der Waals surface area contributed by atoms with Gasteiger partial charge in [-0.3, -0.25) is 19.3 Å². The molecule has 0 spiro atoms. The molecule has 4 atom stereocenters. The van der Waals surface area contributed by atoms with Crippen molar-refractivity contribution in [3.05, 3.63) is 65.5 Å². The van der Waals surface area contributed by atoms with Gasteiger partial charge in [0.15, 0.2) is 5.78 Å². The van der Waals surface area contributed by atoms with Crippen LogP contribution in [0.25, 0.3) is 0 Å². The first kappa shape index (κ1) is 20.5. The van der Waals surface area contributed by atoms with Crippen molar-refractivity contribution in [3.8, 4) is 0 Å². The lowest BCUT2D eigenvalue weighted by Gasteiger charge is -2.28. The maximum Gasteiger partial charge on any atom is 0.339 e. The number of Topliss-reactive ketones (excluding diaryl/α,β-unsaturated/α-hetero) is 1. The van der Waals surface area contributed by atoms with E-state index in [1.807, 2.05) is 4.90 Å². The second-order valence-electron chi connectivity index (χ2n) is 8.34. The van der Waals surface area contributed by atoms with Crippen LogP contribution in [-0.2, 0) is 14.3 Å². The Kier molecular flexibility index (Phi) is 4.89. The summed E-state index contributed by atoms with van der Waals surface area (Å²) in [7, 11) is 1.23. The first-order valence-corrected chi connectivity index (χ1v) is 10.5. The Hall–Kier alpha value is -3.39. The highest BCUT2D eigenvalue weighted by Gasteiger charge is 2.65. The Balaban J connectivity index is 1.56. The van der Waals surface area contributed by atoms with Gasteiger partial charge in [-0.2, -0.15) is 0 Å². The maximum absolute atomic E-state index is 13.6. The number of ether oxygens (including phenoxy) is 1. The third-order valence-corrected chi connectivity index (χ3v) is 6.80. The van der Waals surface area contributed by atoms with Crippen molar-refractivity contribution in [1.29, 1.82) is 0 Å². The molecule has 2 amide bonds. The molecule has 5 rings (SSSR count). The van der Waals surface area contributed by atoms with Crippen LogP contribution in [-0.4, -0.2) is 54.2 Å². The first-order valence-electron chi connectivity index (χ1n) is 10.5. The Morgan fingerprint density at radius 1 is 1.00 bits per heavy atom. The first-order chi connectivity index (χ1) is 15.4. The fraction of sp³-hybridized carbons (Fsp3) is 0.333. The SMILES string of the molecule is COC(=O)c1ccccc1N1C(=O)[C@@H]2[C@H](C1=O)[C@@H]1CCCN1[C@@H]2C(=O)c1ccc(F)cc1. The summed E-state index contributed by atoms with van der Waals surface area (Å²) in [5, 5.41) is 0. The van der Waals surface area contributed by atoms with E-state index in [0.29, 0.717) is 18.5 Å². The van der Waals surface area contributed by atoms with E-state index in [1.54, 1.807) is 12.1 Å². The van der Waals surface area contributed by atoms with Crippen molar-refractivity contribution >= 4 is 29.3 Å². The number of hydrogen-bond acceptors (Lipinski definition) is 6. The van der Waals surface area contributed by atoms with Crippen molar-refractivity contribution in [2.75, 3.05) is 18.6 Å². The molecule has 164 valence electrons. The van der Waals surface area contributed by atoms with Crippen LogP contribution in [0, 0.1) is 17.7 Å². The topological polar surface area (TPSA) is 84.0 Å².